The molecule has 3 heteroatoms. The van der Waals surface area contributed by atoms with Crippen molar-refractivity contribution in [2.45, 2.75) is 25.8 Å². The molecule has 1 aliphatic heterocycles. The molecule has 0 aromatic carbocycles. The molecule has 0 spiro atoms. The second kappa shape index (κ2) is 4.65. The van der Waals surface area contributed by atoms with E-state index >= 15 is 0 Å². The van der Waals surface area contributed by atoms with Gasteiger partial charge in [0.1, 0.15) is 0 Å². The Labute approximate surface area is 103 Å². The van der Waals surface area contributed by atoms with Crippen LogP contribution in [0.5, 0.6) is 0 Å². The first-order valence-corrected chi connectivity index (χ1v) is 6.71. The van der Waals surface area contributed by atoms with Crippen LogP contribution in [0.3, 0.4) is 0 Å². The molecule has 17 heavy (non-hydrogen) atoms. The number of hydrogen-bond donors (Lipinski definition) is 1. The molecule has 0 bridgehead atoms. The average molecular weight is 231 g/mol. The highest BCUT2D eigenvalue weighted by Crippen LogP contribution is 2.40. The third-order valence-corrected chi connectivity index (χ3v) is 4.32. The minimum atomic E-state index is 0.934. The van der Waals surface area contributed by atoms with Gasteiger partial charge in [-0.1, -0.05) is 6.42 Å². The Kier molecular flexibility index (Phi) is 3.02. The van der Waals surface area contributed by atoms with Gasteiger partial charge in [-0.3, -0.25) is 4.98 Å². The molecule has 3 rings (SSSR count). The fourth-order valence-electron chi connectivity index (χ4n) is 3.47. The van der Waals surface area contributed by atoms with Crippen molar-refractivity contribution in [2.75, 3.05) is 25.0 Å². The van der Waals surface area contributed by atoms with Crippen LogP contribution < -0.4 is 10.2 Å². The van der Waals surface area contributed by atoms with E-state index in [4.69, 9.17) is 0 Å². The number of hydrogen-bond acceptors (Lipinski definition) is 3. The van der Waals surface area contributed by atoms with Gasteiger partial charge in [0, 0.05) is 25.8 Å². The molecule has 2 unspecified atom stereocenters. The Morgan fingerprint density at radius 3 is 2.82 bits per heavy atom. The molecule has 2 heterocycles. The SMILES string of the molecule is CNCc1ccncc1N1CC2CCCC2C1. The molecule has 1 N–H and O–H groups in total. The lowest BCUT2D eigenvalue weighted by molar-refractivity contribution is 0.494. The first-order chi connectivity index (χ1) is 8.38. The quantitative estimate of drug-likeness (QED) is 0.863. The highest BCUT2D eigenvalue weighted by molar-refractivity contribution is 5.52. The Morgan fingerprint density at radius 2 is 2.12 bits per heavy atom. The van der Waals surface area contributed by atoms with E-state index < -0.39 is 0 Å². The van der Waals surface area contributed by atoms with Crippen molar-refractivity contribution in [2.24, 2.45) is 11.8 Å². The second-order valence-electron chi connectivity index (χ2n) is 5.39. The monoisotopic (exact) mass is 231 g/mol. The van der Waals surface area contributed by atoms with Crippen molar-refractivity contribution in [3.05, 3.63) is 24.0 Å². The predicted octanol–water partition coefficient (Wildman–Crippen LogP) is 2.04. The molecule has 1 aromatic heterocycles. The molecule has 2 fully saturated rings. The smallest absolute Gasteiger partial charge is 0.0598 e. The highest BCUT2D eigenvalue weighted by atomic mass is 15.2. The van der Waals surface area contributed by atoms with E-state index in [9.17, 15) is 0 Å². The number of aromatic nitrogens is 1. The van der Waals surface area contributed by atoms with Gasteiger partial charge in [-0.15, -0.1) is 0 Å². The molecule has 1 aliphatic carbocycles. The molecular formula is C14H21N3. The van der Waals surface area contributed by atoms with Crippen LogP contribution in [-0.2, 0) is 6.54 Å². The molecule has 1 saturated heterocycles. The molecular weight excluding hydrogens is 210 g/mol. The molecule has 2 atom stereocenters. The predicted molar refractivity (Wildman–Crippen MR) is 70.0 cm³/mol. The van der Waals surface area contributed by atoms with E-state index in [1.54, 1.807) is 0 Å². The van der Waals surface area contributed by atoms with Gasteiger partial charge in [-0.05, 0) is 43.4 Å². The maximum atomic E-state index is 4.30. The molecule has 92 valence electrons. The Balaban J connectivity index is 1.80. The van der Waals surface area contributed by atoms with Crippen LogP contribution in [0.1, 0.15) is 24.8 Å². The van der Waals surface area contributed by atoms with Crippen LogP contribution in [-0.4, -0.2) is 25.1 Å². The summed E-state index contributed by atoms with van der Waals surface area (Å²) in [5.41, 5.74) is 2.72. The zero-order valence-electron chi connectivity index (χ0n) is 10.5. The highest BCUT2D eigenvalue weighted by Gasteiger charge is 2.36. The van der Waals surface area contributed by atoms with Crippen LogP contribution >= 0.6 is 0 Å². The minimum absolute atomic E-state index is 0.934. The van der Waals surface area contributed by atoms with Crippen molar-refractivity contribution >= 4 is 5.69 Å². The number of rotatable bonds is 3. The van der Waals surface area contributed by atoms with Gasteiger partial charge in [-0.2, -0.15) is 0 Å². The van der Waals surface area contributed by atoms with Crippen molar-refractivity contribution in [1.29, 1.82) is 0 Å². The van der Waals surface area contributed by atoms with Gasteiger partial charge in [0.15, 0.2) is 0 Å². The van der Waals surface area contributed by atoms with Gasteiger partial charge in [0.2, 0.25) is 0 Å². The second-order valence-corrected chi connectivity index (χ2v) is 5.39. The van der Waals surface area contributed by atoms with E-state index in [1.165, 1.54) is 43.6 Å². The van der Waals surface area contributed by atoms with Gasteiger partial charge in [0.25, 0.3) is 0 Å². The first-order valence-electron chi connectivity index (χ1n) is 6.71. The van der Waals surface area contributed by atoms with Crippen LogP contribution in [0.15, 0.2) is 18.5 Å². The molecule has 3 nitrogen and oxygen atoms in total. The standard InChI is InChI=1S/C14H21N3/c1-15-7-11-5-6-16-8-14(11)17-9-12-3-2-4-13(12)10-17/h5-6,8,12-13,15H,2-4,7,9-10H2,1H3. The first kappa shape index (κ1) is 11.0. The molecule has 1 aromatic rings. The van der Waals surface area contributed by atoms with Crippen LogP contribution in [0.25, 0.3) is 0 Å². The summed E-state index contributed by atoms with van der Waals surface area (Å²) >= 11 is 0. The number of fused-ring (bicyclic) bond motifs is 1. The Bertz CT molecular complexity index is 379. The minimum Gasteiger partial charge on any atom is -0.369 e. The third kappa shape index (κ3) is 2.04. The number of anilines is 1. The average Bonchev–Trinajstić information content (AvgIpc) is 2.90. The topological polar surface area (TPSA) is 28.2 Å². The Morgan fingerprint density at radius 1 is 1.35 bits per heavy atom. The van der Waals surface area contributed by atoms with Gasteiger partial charge in [-0.25, -0.2) is 0 Å². The van der Waals surface area contributed by atoms with Crippen molar-refractivity contribution in [1.82, 2.24) is 10.3 Å². The Hall–Kier alpha value is -1.09. The summed E-state index contributed by atoms with van der Waals surface area (Å²) in [5, 5.41) is 3.24. The van der Waals surface area contributed by atoms with E-state index in [0.29, 0.717) is 0 Å². The molecule has 0 radical (unpaired) electrons. The molecule has 1 saturated carbocycles. The van der Waals surface area contributed by atoms with E-state index in [0.717, 1.165) is 18.4 Å². The van der Waals surface area contributed by atoms with Crippen LogP contribution in [0.4, 0.5) is 5.69 Å². The molecule has 2 aliphatic rings. The number of pyridine rings is 1. The maximum absolute atomic E-state index is 4.30. The summed E-state index contributed by atoms with van der Waals surface area (Å²) in [7, 11) is 2.00. The zero-order valence-corrected chi connectivity index (χ0v) is 10.5. The van der Waals surface area contributed by atoms with E-state index in [2.05, 4.69) is 21.3 Å². The number of nitrogens with zero attached hydrogens (tertiary/aromatic N) is 2. The van der Waals surface area contributed by atoms with Crippen LogP contribution in [0, 0.1) is 11.8 Å². The lowest BCUT2D eigenvalue weighted by Crippen LogP contribution is -2.23. The largest absolute Gasteiger partial charge is 0.369 e. The lowest BCUT2D eigenvalue weighted by atomic mass is 10.0. The summed E-state index contributed by atoms with van der Waals surface area (Å²) in [6, 6.07) is 2.14. The van der Waals surface area contributed by atoms with E-state index in [-0.39, 0.29) is 0 Å². The summed E-state index contributed by atoms with van der Waals surface area (Å²) < 4.78 is 0. The summed E-state index contributed by atoms with van der Waals surface area (Å²) in [6.45, 7) is 3.42. The van der Waals surface area contributed by atoms with Crippen molar-refractivity contribution < 1.29 is 0 Å². The van der Waals surface area contributed by atoms with E-state index in [1.807, 2.05) is 19.4 Å². The van der Waals surface area contributed by atoms with Gasteiger partial charge < -0.3 is 10.2 Å². The summed E-state index contributed by atoms with van der Waals surface area (Å²) in [4.78, 5) is 6.85. The van der Waals surface area contributed by atoms with Crippen LogP contribution in [0.2, 0.25) is 0 Å². The normalized spacial score (nSPS) is 27.5. The number of nitrogens with one attached hydrogen (secondary N) is 1. The summed E-state index contributed by atoms with van der Waals surface area (Å²) in [5.74, 6) is 1.88. The van der Waals surface area contributed by atoms with Gasteiger partial charge >= 0.3 is 0 Å². The summed E-state index contributed by atoms with van der Waals surface area (Å²) in [6.07, 6.45) is 8.24. The maximum Gasteiger partial charge on any atom is 0.0598 e. The lowest BCUT2D eigenvalue weighted by Gasteiger charge is -2.22. The fourth-order valence-corrected chi connectivity index (χ4v) is 3.47. The zero-order chi connectivity index (χ0) is 11.7. The molecule has 0 amide bonds. The van der Waals surface area contributed by atoms with Crippen molar-refractivity contribution in [3.63, 3.8) is 0 Å². The van der Waals surface area contributed by atoms with Gasteiger partial charge in [0.05, 0.1) is 11.9 Å². The third-order valence-electron chi connectivity index (χ3n) is 4.32. The van der Waals surface area contributed by atoms with Crippen molar-refractivity contribution in [3.8, 4) is 0 Å². The fraction of sp³-hybridized carbons (Fsp3) is 0.643.